The van der Waals surface area contributed by atoms with E-state index >= 15 is 0 Å². The first-order chi connectivity index (χ1) is 10.1. The second-order valence-electron chi connectivity index (χ2n) is 5.54. The molecule has 0 radical (unpaired) electrons. The Kier molecular flexibility index (Phi) is 3.49. The van der Waals surface area contributed by atoms with Crippen LogP contribution in [0.5, 0.6) is 0 Å². The maximum Gasteiger partial charge on any atom is 0.374 e. The van der Waals surface area contributed by atoms with Gasteiger partial charge in [0.15, 0.2) is 0 Å². The van der Waals surface area contributed by atoms with Crippen LogP contribution in [0.3, 0.4) is 0 Å². The van der Waals surface area contributed by atoms with Crippen molar-refractivity contribution in [2.45, 2.75) is 32.7 Å². The third-order valence-corrected chi connectivity index (χ3v) is 3.92. The molecule has 1 aromatic rings. The number of ketones is 1. The quantitative estimate of drug-likeness (QED) is 0.682. The Bertz CT molecular complexity index is 637. The fourth-order valence-electron chi connectivity index (χ4n) is 2.91. The number of carbonyl (C=O) groups is 2. The third kappa shape index (κ3) is 2.55. The minimum Gasteiger partial charge on any atom is -0.460 e. The molecule has 21 heavy (non-hydrogen) atoms. The standard InChI is InChI=1S/C16H18N2O3/c1-3-21-16(20)15(19)12-4-10-6-13-14(7-11(10)5-12)18-9(2)8-17-13/h6-9,12,18H,3-5H2,1-2H3. The molecule has 1 aliphatic heterocycles. The Morgan fingerprint density at radius 1 is 1.33 bits per heavy atom. The van der Waals surface area contributed by atoms with Gasteiger partial charge in [-0.15, -0.1) is 0 Å². The largest absolute Gasteiger partial charge is 0.460 e. The number of anilines is 1. The molecule has 0 fully saturated rings. The summed E-state index contributed by atoms with van der Waals surface area (Å²) in [5, 5.41) is 3.35. The number of fused-ring (bicyclic) bond motifs is 2. The van der Waals surface area contributed by atoms with Gasteiger partial charge < -0.3 is 10.1 Å². The van der Waals surface area contributed by atoms with Gasteiger partial charge in [-0.1, -0.05) is 0 Å². The van der Waals surface area contributed by atoms with Crippen molar-refractivity contribution in [1.82, 2.24) is 0 Å². The molecular weight excluding hydrogens is 268 g/mol. The van der Waals surface area contributed by atoms with Crippen molar-refractivity contribution in [3.63, 3.8) is 0 Å². The van der Waals surface area contributed by atoms with Crippen LogP contribution in [0.15, 0.2) is 17.1 Å². The van der Waals surface area contributed by atoms with E-state index in [1.807, 2.05) is 19.2 Å². The van der Waals surface area contributed by atoms with E-state index < -0.39 is 11.8 Å². The van der Waals surface area contributed by atoms with Gasteiger partial charge in [-0.05, 0) is 49.9 Å². The average Bonchev–Trinajstić information content (AvgIpc) is 2.86. The second-order valence-corrected chi connectivity index (χ2v) is 5.54. The topological polar surface area (TPSA) is 67.8 Å². The first kappa shape index (κ1) is 13.8. The Morgan fingerprint density at radius 2 is 2.05 bits per heavy atom. The summed E-state index contributed by atoms with van der Waals surface area (Å²) in [7, 11) is 0. The van der Waals surface area contributed by atoms with Crippen molar-refractivity contribution in [3.05, 3.63) is 23.3 Å². The number of hydrogen-bond donors (Lipinski definition) is 1. The van der Waals surface area contributed by atoms with Gasteiger partial charge in [-0.2, -0.15) is 0 Å². The highest BCUT2D eigenvalue weighted by atomic mass is 16.5. The molecule has 110 valence electrons. The molecule has 2 atom stereocenters. The van der Waals surface area contributed by atoms with Crippen LogP contribution in [0.25, 0.3) is 0 Å². The van der Waals surface area contributed by atoms with E-state index in [0.29, 0.717) is 12.8 Å². The molecule has 0 amide bonds. The van der Waals surface area contributed by atoms with E-state index in [1.165, 1.54) is 0 Å². The zero-order chi connectivity index (χ0) is 15.0. The highest BCUT2D eigenvalue weighted by Gasteiger charge is 2.33. The number of esters is 1. The number of benzene rings is 1. The zero-order valence-electron chi connectivity index (χ0n) is 12.2. The lowest BCUT2D eigenvalue weighted by Crippen LogP contribution is -2.26. The van der Waals surface area contributed by atoms with Crippen molar-refractivity contribution in [2.75, 3.05) is 11.9 Å². The number of nitrogens with zero attached hydrogens (tertiary/aromatic N) is 1. The van der Waals surface area contributed by atoms with Gasteiger partial charge in [0.25, 0.3) is 0 Å². The molecule has 3 rings (SSSR count). The number of hydrogen-bond acceptors (Lipinski definition) is 5. The smallest absolute Gasteiger partial charge is 0.374 e. The predicted octanol–water partition coefficient (Wildman–Crippen LogP) is 2.05. The molecule has 0 saturated heterocycles. The minimum atomic E-state index is -0.718. The van der Waals surface area contributed by atoms with Crippen LogP contribution in [-0.2, 0) is 27.2 Å². The molecule has 0 saturated carbocycles. The zero-order valence-corrected chi connectivity index (χ0v) is 12.2. The average molecular weight is 286 g/mol. The van der Waals surface area contributed by atoms with Crippen LogP contribution < -0.4 is 5.32 Å². The molecule has 1 heterocycles. The van der Waals surface area contributed by atoms with Crippen molar-refractivity contribution < 1.29 is 14.3 Å². The van der Waals surface area contributed by atoms with Gasteiger partial charge in [0.1, 0.15) is 0 Å². The van der Waals surface area contributed by atoms with Crippen molar-refractivity contribution >= 4 is 29.3 Å². The highest BCUT2D eigenvalue weighted by molar-refractivity contribution is 6.34. The van der Waals surface area contributed by atoms with E-state index in [1.54, 1.807) is 6.92 Å². The van der Waals surface area contributed by atoms with Crippen LogP contribution in [0, 0.1) is 5.92 Å². The van der Waals surface area contributed by atoms with E-state index in [0.717, 1.165) is 22.5 Å². The maximum atomic E-state index is 12.1. The van der Waals surface area contributed by atoms with Crippen LogP contribution in [0.2, 0.25) is 0 Å². The van der Waals surface area contributed by atoms with Gasteiger partial charge in [0.2, 0.25) is 5.78 Å². The lowest BCUT2D eigenvalue weighted by Gasteiger charge is -2.19. The monoisotopic (exact) mass is 286 g/mol. The van der Waals surface area contributed by atoms with Crippen molar-refractivity contribution in [2.24, 2.45) is 10.9 Å². The van der Waals surface area contributed by atoms with Crippen LogP contribution in [0.1, 0.15) is 25.0 Å². The fourth-order valence-corrected chi connectivity index (χ4v) is 2.91. The van der Waals surface area contributed by atoms with Crippen molar-refractivity contribution in [1.29, 1.82) is 0 Å². The maximum absolute atomic E-state index is 12.1. The lowest BCUT2D eigenvalue weighted by atomic mass is 10.0. The summed E-state index contributed by atoms with van der Waals surface area (Å²) in [6, 6.07) is 4.27. The molecule has 0 spiro atoms. The number of carbonyl (C=O) groups excluding carboxylic acids is 2. The SMILES string of the molecule is CCOC(=O)C(=O)C1Cc2cc3c(cc2C1)NC(C)C=N3. The van der Waals surface area contributed by atoms with Gasteiger partial charge in [0, 0.05) is 12.1 Å². The molecule has 1 N–H and O–H groups in total. The molecular formula is C16H18N2O3. The molecule has 1 aliphatic carbocycles. The summed E-state index contributed by atoms with van der Waals surface area (Å²) in [5.74, 6) is -1.44. The Morgan fingerprint density at radius 3 is 2.76 bits per heavy atom. The summed E-state index contributed by atoms with van der Waals surface area (Å²) in [5.41, 5.74) is 4.11. The van der Waals surface area contributed by atoms with Crippen LogP contribution >= 0.6 is 0 Å². The molecule has 2 aliphatic rings. The van der Waals surface area contributed by atoms with Gasteiger partial charge in [0.05, 0.1) is 24.0 Å². The number of Topliss-reactive ketones (excluding diaryl/α,β-unsaturated/α-hetero) is 1. The first-order valence-electron chi connectivity index (χ1n) is 7.26. The Hall–Kier alpha value is -2.17. The van der Waals surface area contributed by atoms with Gasteiger partial charge >= 0.3 is 5.97 Å². The second kappa shape index (κ2) is 5.31. The predicted molar refractivity (Wildman–Crippen MR) is 80.2 cm³/mol. The first-order valence-corrected chi connectivity index (χ1v) is 7.26. The number of aliphatic imine (C=N–C) groups is 1. The molecule has 5 nitrogen and oxygen atoms in total. The molecule has 2 unspecified atom stereocenters. The Balaban J connectivity index is 1.81. The van der Waals surface area contributed by atoms with E-state index in [9.17, 15) is 9.59 Å². The summed E-state index contributed by atoms with van der Waals surface area (Å²) in [6.07, 6.45) is 3.05. The Labute approximate surface area is 123 Å². The van der Waals surface area contributed by atoms with Crippen LogP contribution in [0.4, 0.5) is 11.4 Å². The van der Waals surface area contributed by atoms with Gasteiger partial charge in [-0.25, -0.2) is 4.79 Å². The summed E-state index contributed by atoms with van der Waals surface area (Å²) >= 11 is 0. The fraction of sp³-hybridized carbons (Fsp3) is 0.438. The highest BCUT2D eigenvalue weighted by Crippen LogP contribution is 2.37. The van der Waals surface area contributed by atoms with Crippen molar-refractivity contribution in [3.8, 4) is 0 Å². The number of ether oxygens (including phenoxy) is 1. The number of rotatable bonds is 3. The minimum absolute atomic E-state index is 0.203. The third-order valence-electron chi connectivity index (χ3n) is 3.92. The molecule has 0 aromatic heterocycles. The van der Waals surface area contributed by atoms with E-state index in [-0.39, 0.29) is 18.6 Å². The van der Waals surface area contributed by atoms with E-state index in [4.69, 9.17) is 4.74 Å². The van der Waals surface area contributed by atoms with Gasteiger partial charge in [-0.3, -0.25) is 9.79 Å². The van der Waals surface area contributed by atoms with Crippen LogP contribution in [-0.4, -0.2) is 30.6 Å². The molecule has 5 heteroatoms. The number of nitrogens with one attached hydrogen (secondary N) is 1. The molecule has 1 aromatic carbocycles. The van der Waals surface area contributed by atoms with E-state index in [2.05, 4.69) is 16.4 Å². The normalized spacial score (nSPS) is 22.2. The summed E-state index contributed by atoms with van der Waals surface area (Å²) in [4.78, 5) is 28.1. The lowest BCUT2D eigenvalue weighted by molar-refractivity contribution is -0.155. The molecule has 0 bridgehead atoms. The summed E-state index contributed by atoms with van der Waals surface area (Å²) in [6.45, 7) is 3.97. The summed E-state index contributed by atoms with van der Waals surface area (Å²) < 4.78 is 4.80.